The van der Waals surface area contributed by atoms with Gasteiger partial charge >= 0.3 is 0 Å². The van der Waals surface area contributed by atoms with Crippen LogP contribution < -0.4 is 10.0 Å². The van der Waals surface area contributed by atoms with Crippen molar-refractivity contribution in [3.05, 3.63) is 102 Å². The maximum atomic E-state index is 13.6. The molecular formula is C28H33N3O4S. The fourth-order valence-corrected chi connectivity index (χ4v) is 5.03. The number of benzene rings is 3. The van der Waals surface area contributed by atoms with Crippen LogP contribution in [-0.4, -0.2) is 38.2 Å². The van der Waals surface area contributed by atoms with Gasteiger partial charge < -0.3 is 10.2 Å². The smallest absolute Gasteiger partial charge is 0.247 e. The number of hydrogen-bond donors (Lipinski definition) is 2. The summed E-state index contributed by atoms with van der Waals surface area (Å²) in [5, 5.41) is 2.87. The normalized spacial score (nSPS) is 12.1. The van der Waals surface area contributed by atoms with Crippen LogP contribution in [0.1, 0.15) is 43.0 Å². The molecule has 190 valence electrons. The molecule has 0 aliphatic rings. The third-order valence-corrected chi connectivity index (χ3v) is 7.30. The molecule has 0 bridgehead atoms. The van der Waals surface area contributed by atoms with Crippen molar-refractivity contribution in [2.24, 2.45) is 0 Å². The molecule has 8 heteroatoms. The minimum atomic E-state index is -3.53. The third kappa shape index (κ3) is 7.26. The number of nitrogens with one attached hydrogen (secondary N) is 2. The molecule has 36 heavy (non-hydrogen) atoms. The molecule has 7 nitrogen and oxygen atoms in total. The lowest BCUT2D eigenvalue weighted by molar-refractivity contribution is -0.141. The summed E-state index contributed by atoms with van der Waals surface area (Å²) in [7, 11) is -3.53. The van der Waals surface area contributed by atoms with Crippen molar-refractivity contribution < 1.29 is 18.0 Å². The Bertz CT molecular complexity index is 1230. The van der Waals surface area contributed by atoms with Crippen molar-refractivity contribution in [3.63, 3.8) is 0 Å². The van der Waals surface area contributed by atoms with Crippen molar-refractivity contribution in [3.8, 4) is 0 Å². The van der Waals surface area contributed by atoms with Gasteiger partial charge in [-0.15, -0.1) is 0 Å². The summed E-state index contributed by atoms with van der Waals surface area (Å²) in [4.78, 5) is 28.6. The average molecular weight is 508 g/mol. The van der Waals surface area contributed by atoms with E-state index < -0.39 is 16.1 Å². The Labute approximate surface area is 213 Å². The van der Waals surface area contributed by atoms with Crippen LogP contribution in [0.5, 0.6) is 0 Å². The summed E-state index contributed by atoms with van der Waals surface area (Å²) in [6.45, 7) is 4.63. The van der Waals surface area contributed by atoms with E-state index in [-0.39, 0.29) is 29.7 Å². The predicted octanol–water partition coefficient (Wildman–Crippen LogP) is 3.82. The van der Waals surface area contributed by atoms with Gasteiger partial charge in [0.2, 0.25) is 21.8 Å². The van der Waals surface area contributed by atoms with Crippen LogP contribution in [-0.2, 0) is 32.6 Å². The number of likely N-dealkylation sites (N-methyl/N-ethyl adjacent to an activating group) is 1. The number of carbonyl (C=O) groups is 2. The molecule has 0 heterocycles. The molecule has 2 amide bonds. The van der Waals surface area contributed by atoms with E-state index in [1.807, 2.05) is 67.6 Å². The highest BCUT2D eigenvalue weighted by molar-refractivity contribution is 7.89. The summed E-state index contributed by atoms with van der Waals surface area (Å²) in [6.07, 6.45) is 0.595. The summed E-state index contributed by atoms with van der Waals surface area (Å²) < 4.78 is 26.8. The van der Waals surface area contributed by atoms with Crippen LogP contribution in [0.2, 0.25) is 0 Å². The highest BCUT2D eigenvalue weighted by Gasteiger charge is 2.31. The second kappa shape index (κ2) is 13.0. The summed E-state index contributed by atoms with van der Waals surface area (Å²) in [5.74, 6) is -0.394. The van der Waals surface area contributed by atoms with Gasteiger partial charge in [0.05, 0.1) is 4.90 Å². The van der Waals surface area contributed by atoms with Gasteiger partial charge in [-0.3, -0.25) is 9.59 Å². The SMILES string of the molecule is CCNC(=O)[C@@H](c1ccccc1)N(Cc1ccccc1)C(=O)CCc1ccc(S(=O)(=O)NCC)cc1. The van der Waals surface area contributed by atoms with Gasteiger partial charge in [0, 0.05) is 26.1 Å². The Morgan fingerprint density at radius 3 is 2.00 bits per heavy atom. The van der Waals surface area contributed by atoms with Crippen LogP contribution in [0.15, 0.2) is 89.8 Å². The molecule has 0 aromatic heterocycles. The Kier molecular flexibility index (Phi) is 9.78. The number of rotatable bonds is 12. The maximum absolute atomic E-state index is 13.6. The second-order valence-corrected chi connectivity index (χ2v) is 10.1. The van der Waals surface area contributed by atoms with E-state index in [2.05, 4.69) is 10.0 Å². The molecule has 3 aromatic rings. The van der Waals surface area contributed by atoms with Gasteiger partial charge in [-0.1, -0.05) is 79.7 Å². The lowest BCUT2D eigenvalue weighted by atomic mass is 10.0. The molecule has 0 radical (unpaired) electrons. The molecule has 0 saturated heterocycles. The summed E-state index contributed by atoms with van der Waals surface area (Å²) >= 11 is 0. The molecule has 1 atom stereocenters. The first kappa shape index (κ1) is 27.1. The fraction of sp³-hybridized carbons (Fsp3) is 0.286. The predicted molar refractivity (Wildman–Crippen MR) is 140 cm³/mol. The average Bonchev–Trinajstić information content (AvgIpc) is 2.88. The molecule has 3 aromatic carbocycles. The van der Waals surface area contributed by atoms with Crippen LogP contribution in [0.3, 0.4) is 0 Å². The highest BCUT2D eigenvalue weighted by atomic mass is 32.2. The number of sulfonamides is 1. The van der Waals surface area contributed by atoms with Gasteiger partial charge in [-0.05, 0) is 42.2 Å². The molecule has 0 spiro atoms. The van der Waals surface area contributed by atoms with Crippen molar-refractivity contribution >= 4 is 21.8 Å². The lowest BCUT2D eigenvalue weighted by Crippen LogP contribution is -2.43. The summed E-state index contributed by atoms with van der Waals surface area (Å²) in [5.41, 5.74) is 2.51. The number of aryl methyl sites for hydroxylation is 1. The molecule has 0 unspecified atom stereocenters. The van der Waals surface area contributed by atoms with Crippen LogP contribution in [0.4, 0.5) is 0 Å². The van der Waals surface area contributed by atoms with Crippen molar-refractivity contribution in [1.29, 1.82) is 0 Å². The molecular weight excluding hydrogens is 474 g/mol. The number of hydrogen-bond acceptors (Lipinski definition) is 4. The zero-order valence-corrected chi connectivity index (χ0v) is 21.5. The zero-order chi connectivity index (χ0) is 26.0. The first-order valence-corrected chi connectivity index (χ1v) is 13.6. The van der Waals surface area contributed by atoms with E-state index in [0.29, 0.717) is 19.5 Å². The van der Waals surface area contributed by atoms with Crippen molar-refractivity contribution in [1.82, 2.24) is 14.9 Å². The standard InChI is InChI=1S/C28H33N3O4S/c1-3-29-28(33)27(24-13-9-6-10-14-24)31(21-23-11-7-5-8-12-23)26(32)20-17-22-15-18-25(19-16-22)36(34,35)30-4-2/h5-16,18-19,27,30H,3-4,17,20-21H2,1-2H3,(H,29,33)/t27-/m1/s1. The van der Waals surface area contributed by atoms with E-state index in [9.17, 15) is 18.0 Å². The van der Waals surface area contributed by atoms with Gasteiger partial charge in [0.1, 0.15) is 6.04 Å². The Hall–Kier alpha value is -3.49. The lowest BCUT2D eigenvalue weighted by Gasteiger charge is -2.31. The Morgan fingerprint density at radius 1 is 0.806 bits per heavy atom. The van der Waals surface area contributed by atoms with Gasteiger partial charge in [-0.2, -0.15) is 0 Å². The largest absolute Gasteiger partial charge is 0.354 e. The first-order valence-electron chi connectivity index (χ1n) is 12.1. The molecule has 3 rings (SSSR count). The molecule has 2 N–H and O–H groups in total. The van der Waals surface area contributed by atoms with Crippen LogP contribution >= 0.6 is 0 Å². The van der Waals surface area contributed by atoms with E-state index >= 15 is 0 Å². The third-order valence-electron chi connectivity index (χ3n) is 5.74. The van der Waals surface area contributed by atoms with Crippen molar-refractivity contribution in [2.75, 3.05) is 13.1 Å². The minimum absolute atomic E-state index is 0.164. The van der Waals surface area contributed by atoms with E-state index in [0.717, 1.165) is 16.7 Å². The first-order chi connectivity index (χ1) is 17.4. The Balaban J connectivity index is 1.85. The fourth-order valence-electron chi connectivity index (χ4n) is 3.99. The summed E-state index contributed by atoms with van der Waals surface area (Å²) in [6, 6.07) is 24.6. The van der Waals surface area contributed by atoms with Gasteiger partial charge in [-0.25, -0.2) is 13.1 Å². The monoisotopic (exact) mass is 507 g/mol. The quantitative estimate of drug-likeness (QED) is 0.390. The van der Waals surface area contributed by atoms with E-state index in [4.69, 9.17) is 0 Å². The van der Waals surface area contributed by atoms with Gasteiger partial charge in [0.25, 0.3) is 0 Å². The number of amides is 2. The van der Waals surface area contributed by atoms with Crippen molar-refractivity contribution in [2.45, 2.75) is 44.2 Å². The zero-order valence-electron chi connectivity index (χ0n) is 20.7. The molecule has 0 aliphatic carbocycles. The number of nitrogens with zero attached hydrogens (tertiary/aromatic N) is 1. The molecule has 0 fully saturated rings. The molecule has 0 saturated carbocycles. The Morgan fingerprint density at radius 2 is 1.42 bits per heavy atom. The highest BCUT2D eigenvalue weighted by Crippen LogP contribution is 2.25. The topological polar surface area (TPSA) is 95.6 Å². The van der Waals surface area contributed by atoms with Gasteiger partial charge in [0.15, 0.2) is 0 Å². The van der Waals surface area contributed by atoms with E-state index in [1.165, 1.54) is 0 Å². The number of carbonyl (C=O) groups excluding carboxylic acids is 2. The minimum Gasteiger partial charge on any atom is -0.354 e. The molecule has 0 aliphatic heterocycles. The van der Waals surface area contributed by atoms with Crippen LogP contribution in [0.25, 0.3) is 0 Å². The van der Waals surface area contributed by atoms with Crippen LogP contribution in [0, 0.1) is 0 Å². The van der Waals surface area contributed by atoms with E-state index in [1.54, 1.807) is 36.1 Å². The maximum Gasteiger partial charge on any atom is 0.247 e. The second-order valence-electron chi connectivity index (χ2n) is 8.36.